The van der Waals surface area contributed by atoms with E-state index in [0.717, 1.165) is 37.7 Å². The molecule has 1 aromatic rings. The molecule has 0 radical (unpaired) electrons. The lowest BCUT2D eigenvalue weighted by Crippen LogP contribution is -2.18. The van der Waals surface area contributed by atoms with Gasteiger partial charge in [0.1, 0.15) is 0 Å². The number of phosphoric acid groups is 1. The molecule has 2 unspecified atom stereocenters. The predicted molar refractivity (Wildman–Crippen MR) is 82.9 cm³/mol. The van der Waals surface area contributed by atoms with Crippen molar-refractivity contribution in [2.24, 2.45) is 5.41 Å². The average molecular weight is 312 g/mol. The summed E-state index contributed by atoms with van der Waals surface area (Å²) in [6.07, 6.45) is 4.53. The van der Waals surface area contributed by atoms with Gasteiger partial charge < -0.3 is 4.89 Å². The van der Waals surface area contributed by atoms with Crippen LogP contribution >= 0.6 is 7.82 Å². The highest BCUT2D eigenvalue weighted by Crippen LogP contribution is 2.50. The Morgan fingerprint density at radius 3 is 2.62 bits per heavy atom. The van der Waals surface area contributed by atoms with Gasteiger partial charge >= 0.3 is 7.82 Å². The van der Waals surface area contributed by atoms with Gasteiger partial charge in [0.05, 0.1) is 12.7 Å². The summed E-state index contributed by atoms with van der Waals surface area (Å²) >= 11 is 0. The van der Waals surface area contributed by atoms with Crippen LogP contribution in [0, 0.1) is 5.41 Å². The number of hydrogen-bond donors (Lipinski definition) is 1. The van der Waals surface area contributed by atoms with Crippen molar-refractivity contribution < 1.29 is 18.5 Å². The molecule has 1 aliphatic heterocycles. The molecule has 2 rings (SSSR count). The van der Waals surface area contributed by atoms with Gasteiger partial charge in [-0.3, -0.25) is 9.05 Å². The second-order valence-electron chi connectivity index (χ2n) is 6.51. The number of hydrogen-bond acceptors (Lipinski definition) is 3. The maximum atomic E-state index is 12.2. The van der Waals surface area contributed by atoms with Crippen LogP contribution in [-0.4, -0.2) is 11.5 Å². The molecule has 5 heteroatoms. The van der Waals surface area contributed by atoms with Crippen molar-refractivity contribution in [2.75, 3.05) is 6.61 Å². The highest BCUT2D eigenvalue weighted by molar-refractivity contribution is 7.47. The van der Waals surface area contributed by atoms with Gasteiger partial charge in [-0.1, -0.05) is 63.4 Å². The lowest BCUT2D eigenvalue weighted by Gasteiger charge is -2.25. The first-order valence-corrected chi connectivity index (χ1v) is 9.08. The Hall–Kier alpha value is -0.670. The number of benzene rings is 1. The fraction of sp³-hybridized carbons (Fsp3) is 0.625. The van der Waals surface area contributed by atoms with Crippen LogP contribution in [0.3, 0.4) is 0 Å². The zero-order valence-corrected chi connectivity index (χ0v) is 13.7. The summed E-state index contributed by atoms with van der Waals surface area (Å²) in [6.45, 7) is 4.35. The fourth-order valence-corrected chi connectivity index (χ4v) is 3.70. The van der Waals surface area contributed by atoms with Crippen LogP contribution < -0.4 is 0 Å². The average Bonchev–Trinajstić information content (AvgIpc) is 2.46. The summed E-state index contributed by atoms with van der Waals surface area (Å²) in [6, 6.07) is 9.60. The van der Waals surface area contributed by atoms with Crippen molar-refractivity contribution in [1.82, 2.24) is 0 Å². The lowest BCUT2D eigenvalue weighted by molar-refractivity contribution is 0.0735. The van der Waals surface area contributed by atoms with E-state index in [9.17, 15) is 9.46 Å². The Morgan fingerprint density at radius 2 is 1.90 bits per heavy atom. The zero-order valence-electron chi connectivity index (χ0n) is 12.8. The molecule has 1 saturated heterocycles. The third-order valence-corrected chi connectivity index (χ3v) is 4.85. The lowest BCUT2D eigenvalue weighted by atomic mass is 9.87. The maximum absolute atomic E-state index is 12.2. The molecule has 1 fully saturated rings. The Kier molecular flexibility index (Phi) is 5.61. The maximum Gasteiger partial charge on any atom is 0.472 e. The van der Waals surface area contributed by atoms with Gasteiger partial charge in [0.25, 0.3) is 0 Å². The Morgan fingerprint density at radius 1 is 1.19 bits per heavy atom. The standard InChI is InChI=1S/C16H25O4P/c1-16(2)12-8-4-7-11-15(14-9-5-3-6-10-14)20-21(17,18)19-13-16/h3,5-6,9-10,15H,4,7-8,11-13H2,1-2H3,(H,17,18). The van der Waals surface area contributed by atoms with Gasteiger partial charge in [0.15, 0.2) is 0 Å². The van der Waals surface area contributed by atoms with Crippen LogP contribution in [0.2, 0.25) is 0 Å². The molecular weight excluding hydrogens is 287 g/mol. The Balaban J connectivity index is 2.14. The quantitative estimate of drug-likeness (QED) is 0.753. The second kappa shape index (κ2) is 7.06. The van der Waals surface area contributed by atoms with Gasteiger partial charge in [-0.2, -0.15) is 0 Å². The van der Waals surface area contributed by atoms with E-state index < -0.39 is 7.82 Å². The van der Waals surface area contributed by atoms with Gasteiger partial charge in [-0.05, 0) is 23.8 Å². The van der Waals surface area contributed by atoms with Crippen LogP contribution in [0.4, 0.5) is 0 Å². The second-order valence-corrected chi connectivity index (χ2v) is 7.92. The highest BCUT2D eigenvalue weighted by atomic mass is 31.2. The van der Waals surface area contributed by atoms with E-state index in [2.05, 4.69) is 13.8 Å². The van der Waals surface area contributed by atoms with Crippen molar-refractivity contribution >= 4 is 7.82 Å². The van der Waals surface area contributed by atoms with Crippen molar-refractivity contribution in [3.05, 3.63) is 35.9 Å². The molecule has 1 heterocycles. The fourth-order valence-electron chi connectivity index (χ4n) is 2.58. The van der Waals surface area contributed by atoms with Gasteiger partial charge in [-0.25, -0.2) is 4.57 Å². The molecule has 1 N–H and O–H groups in total. The Bertz CT molecular complexity index is 486. The summed E-state index contributed by atoms with van der Waals surface area (Å²) in [5.41, 5.74) is 0.822. The van der Waals surface area contributed by atoms with Crippen LogP contribution in [0.15, 0.2) is 30.3 Å². The summed E-state index contributed by atoms with van der Waals surface area (Å²) in [4.78, 5) is 9.96. The predicted octanol–water partition coefficient (Wildman–Crippen LogP) is 4.85. The Labute approximate surface area is 127 Å². The third kappa shape index (κ3) is 5.55. The van der Waals surface area contributed by atoms with E-state index in [1.807, 2.05) is 30.3 Å². The van der Waals surface area contributed by atoms with Gasteiger partial charge in [0.2, 0.25) is 0 Å². The topological polar surface area (TPSA) is 55.8 Å². The number of phosphoric ester groups is 1. The third-order valence-electron chi connectivity index (χ3n) is 3.87. The SMILES string of the molecule is CC1(C)CCCCCC(c2ccccc2)OP(=O)(O)OC1. The van der Waals surface area contributed by atoms with E-state index in [1.54, 1.807) is 0 Å². The molecule has 0 amide bonds. The zero-order chi connectivity index (χ0) is 15.3. The molecule has 0 aromatic heterocycles. The molecule has 0 spiro atoms. The van der Waals surface area contributed by atoms with E-state index in [1.165, 1.54) is 0 Å². The largest absolute Gasteiger partial charge is 0.472 e. The van der Waals surface area contributed by atoms with Crippen LogP contribution in [0.1, 0.15) is 57.6 Å². The van der Waals surface area contributed by atoms with E-state index in [4.69, 9.17) is 9.05 Å². The molecule has 1 aliphatic rings. The molecule has 0 aliphatic carbocycles. The first kappa shape index (κ1) is 16.7. The van der Waals surface area contributed by atoms with Gasteiger partial charge in [0, 0.05) is 0 Å². The molecule has 0 bridgehead atoms. The molecule has 118 valence electrons. The molecule has 4 nitrogen and oxygen atoms in total. The van der Waals surface area contributed by atoms with Crippen LogP contribution in [0.25, 0.3) is 0 Å². The summed E-state index contributed by atoms with van der Waals surface area (Å²) < 4.78 is 22.8. The molecular formula is C16H25O4P. The van der Waals surface area contributed by atoms with Crippen molar-refractivity contribution in [1.29, 1.82) is 0 Å². The highest BCUT2D eigenvalue weighted by Gasteiger charge is 2.31. The first-order chi connectivity index (χ1) is 9.88. The minimum absolute atomic E-state index is 0.103. The van der Waals surface area contributed by atoms with E-state index in [-0.39, 0.29) is 18.1 Å². The minimum atomic E-state index is -4.03. The smallest absolute Gasteiger partial charge is 0.302 e. The van der Waals surface area contributed by atoms with Crippen LogP contribution in [0.5, 0.6) is 0 Å². The normalized spacial score (nSPS) is 31.3. The van der Waals surface area contributed by atoms with E-state index >= 15 is 0 Å². The summed E-state index contributed by atoms with van der Waals surface area (Å²) in [7, 11) is -4.03. The minimum Gasteiger partial charge on any atom is -0.302 e. The van der Waals surface area contributed by atoms with E-state index in [0.29, 0.717) is 0 Å². The molecule has 1 aromatic carbocycles. The molecule has 21 heavy (non-hydrogen) atoms. The van der Waals surface area contributed by atoms with Gasteiger partial charge in [-0.15, -0.1) is 0 Å². The number of rotatable bonds is 1. The first-order valence-electron chi connectivity index (χ1n) is 7.59. The molecule has 0 saturated carbocycles. The molecule has 2 atom stereocenters. The van der Waals surface area contributed by atoms with Crippen molar-refractivity contribution in [3.63, 3.8) is 0 Å². The van der Waals surface area contributed by atoms with Crippen molar-refractivity contribution in [3.8, 4) is 0 Å². The summed E-state index contributed by atoms with van der Waals surface area (Å²) in [5.74, 6) is 0. The summed E-state index contributed by atoms with van der Waals surface area (Å²) in [5, 5.41) is 0. The van der Waals surface area contributed by atoms with Crippen LogP contribution in [-0.2, 0) is 13.6 Å². The monoisotopic (exact) mass is 312 g/mol. The van der Waals surface area contributed by atoms with Crippen molar-refractivity contribution in [2.45, 2.75) is 52.1 Å².